The lowest BCUT2D eigenvalue weighted by Crippen LogP contribution is -2.30. The van der Waals surface area contributed by atoms with E-state index in [1.807, 2.05) is 12.1 Å². The van der Waals surface area contributed by atoms with Gasteiger partial charge in [-0.3, -0.25) is 0 Å². The molecule has 0 aromatic carbocycles. The highest BCUT2D eigenvalue weighted by atomic mass is 35.5. The van der Waals surface area contributed by atoms with Crippen LogP contribution in [-0.4, -0.2) is 24.1 Å². The SMILES string of the molecule is CCCC(C)N(C)c1ccc(Cl)c(CNC(C)C)n1. The molecule has 4 heteroatoms. The number of nitrogens with one attached hydrogen (secondary N) is 1. The van der Waals surface area contributed by atoms with E-state index in [-0.39, 0.29) is 0 Å². The first kappa shape index (κ1) is 16.3. The Morgan fingerprint density at radius 1 is 1.32 bits per heavy atom. The molecule has 1 aromatic rings. The Morgan fingerprint density at radius 3 is 2.58 bits per heavy atom. The number of hydrogen-bond donors (Lipinski definition) is 1. The molecule has 3 nitrogen and oxygen atoms in total. The van der Waals surface area contributed by atoms with Gasteiger partial charge in [-0.2, -0.15) is 0 Å². The van der Waals surface area contributed by atoms with E-state index >= 15 is 0 Å². The lowest BCUT2D eigenvalue weighted by Gasteiger charge is -2.26. The third-order valence-electron chi connectivity index (χ3n) is 3.31. The molecule has 0 spiro atoms. The Kier molecular flexibility index (Phi) is 6.59. The third kappa shape index (κ3) is 5.00. The Balaban J connectivity index is 2.82. The van der Waals surface area contributed by atoms with Crippen molar-refractivity contribution >= 4 is 17.4 Å². The molecule has 0 aliphatic rings. The van der Waals surface area contributed by atoms with Crippen LogP contribution in [0.4, 0.5) is 5.82 Å². The minimum Gasteiger partial charge on any atom is -0.357 e. The second kappa shape index (κ2) is 7.71. The molecule has 1 atom stereocenters. The largest absolute Gasteiger partial charge is 0.357 e. The van der Waals surface area contributed by atoms with Gasteiger partial charge in [-0.05, 0) is 25.5 Å². The van der Waals surface area contributed by atoms with Gasteiger partial charge in [0.2, 0.25) is 0 Å². The van der Waals surface area contributed by atoms with Crippen molar-refractivity contribution in [3.05, 3.63) is 22.8 Å². The molecule has 0 fully saturated rings. The summed E-state index contributed by atoms with van der Waals surface area (Å²) in [7, 11) is 2.09. The van der Waals surface area contributed by atoms with Crippen LogP contribution in [-0.2, 0) is 6.54 Å². The van der Waals surface area contributed by atoms with Crippen LogP contribution in [0.3, 0.4) is 0 Å². The van der Waals surface area contributed by atoms with Gasteiger partial charge < -0.3 is 10.2 Å². The smallest absolute Gasteiger partial charge is 0.128 e. The topological polar surface area (TPSA) is 28.2 Å². The molecule has 0 aliphatic carbocycles. The van der Waals surface area contributed by atoms with Gasteiger partial charge in [0.05, 0.1) is 10.7 Å². The lowest BCUT2D eigenvalue weighted by atomic mass is 10.2. The fourth-order valence-corrected chi connectivity index (χ4v) is 2.10. The maximum absolute atomic E-state index is 6.20. The Labute approximate surface area is 122 Å². The van der Waals surface area contributed by atoms with Crippen LogP contribution >= 0.6 is 11.6 Å². The molecular weight excluding hydrogens is 258 g/mol. The van der Waals surface area contributed by atoms with E-state index in [0.717, 1.165) is 16.5 Å². The number of aromatic nitrogens is 1. The van der Waals surface area contributed by atoms with Gasteiger partial charge in [-0.15, -0.1) is 0 Å². The molecule has 0 radical (unpaired) electrons. The van der Waals surface area contributed by atoms with E-state index in [0.29, 0.717) is 18.6 Å². The van der Waals surface area contributed by atoms with E-state index in [1.165, 1.54) is 12.8 Å². The Hall–Kier alpha value is -0.800. The average Bonchev–Trinajstić information content (AvgIpc) is 2.37. The van der Waals surface area contributed by atoms with Crippen LogP contribution in [0.25, 0.3) is 0 Å². The van der Waals surface area contributed by atoms with Crippen molar-refractivity contribution in [2.24, 2.45) is 0 Å². The van der Waals surface area contributed by atoms with Crippen molar-refractivity contribution in [2.45, 2.75) is 59.2 Å². The maximum atomic E-state index is 6.20. The highest BCUT2D eigenvalue weighted by molar-refractivity contribution is 6.31. The second-order valence-corrected chi connectivity index (χ2v) is 5.79. The molecule has 0 saturated carbocycles. The molecule has 1 unspecified atom stereocenters. The summed E-state index contributed by atoms with van der Waals surface area (Å²) in [4.78, 5) is 6.90. The molecule has 1 aromatic heterocycles. The molecule has 0 amide bonds. The van der Waals surface area contributed by atoms with Gasteiger partial charge in [0.1, 0.15) is 5.82 Å². The van der Waals surface area contributed by atoms with Crippen molar-refractivity contribution in [1.29, 1.82) is 0 Å². The van der Waals surface area contributed by atoms with Crippen LogP contribution in [0.1, 0.15) is 46.2 Å². The van der Waals surface area contributed by atoms with Gasteiger partial charge in [0.15, 0.2) is 0 Å². The quantitative estimate of drug-likeness (QED) is 0.824. The van der Waals surface area contributed by atoms with E-state index in [1.54, 1.807) is 0 Å². The number of anilines is 1. The number of pyridine rings is 1. The minimum absolute atomic E-state index is 0.429. The fraction of sp³-hybridized carbons (Fsp3) is 0.667. The third-order valence-corrected chi connectivity index (χ3v) is 3.65. The Morgan fingerprint density at radius 2 is 2.00 bits per heavy atom. The Bertz CT molecular complexity index is 393. The summed E-state index contributed by atoms with van der Waals surface area (Å²) >= 11 is 6.20. The highest BCUT2D eigenvalue weighted by Gasteiger charge is 2.12. The van der Waals surface area contributed by atoms with Gasteiger partial charge in [0, 0.05) is 25.7 Å². The fourth-order valence-electron chi connectivity index (χ4n) is 1.93. The van der Waals surface area contributed by atoms with Crippen LogP contribution in [0.5, 0.6) is 0 Å². The van der Waals surface area contributed by atoms with E-state index in [9.17, 15) is 0 Å². The summed E-state index contributed by atoms with van der Waals surface area (Å²) in [6, 6.07) is 4.85. The molecule has 0 bridgehead atoms. The second-order valence-electron chi connectivity index (χ2n) is 5.38. The van der Waals surface area contributed by atoms with E-state index in [4.69, 9.17) is 11.6 Å². The molecule has 0 aliphatic heterocycles. The zero-order valence-electron chi connectivity index (χ0n) is 12.7. The van der Waals surface area contributed by atoms with Gasteiger partial charge in [-0.25, -0.2) is 4.98 Å². The summed E-state index contributed by atoms with van der Waals surface area (Å²) in [5.74, 6) is 0.992. The van der Waals surface area contributed by atoms with Crippen molar-refractivity contribution in [3.63, 3.8) is 0 Å². The first-order valence-corrected chi connectivity index (χ1v) is 7.45. The first-order valence-electron chi connectivity index (χ1n) is 7.07. The van der Waals surface area contributed by atoms with Gasteiger partial charge in [0.25, 0.3) is 0 Å². The predicted molar refractivity (Wildman–Crippen MR) is 84.0 cm³/mol. The van der Waals surface area contributed by atoms with Crippen molar-refractivity contribution in [2.75, 3.05) is 11.9 Å². The van der Waals surface area contributed by atoms with Crippen molar-refractivity contribution in [1.82, 2.24) is 10.3 Å². The van der Waals surface area contributed by atoms with Crippen LogP contribution in [0.15, 0.2) is 12.1 Å². The van der Waals surface area contributed by atoms with Crippen LogP contribution < -0.4 is 10.2 Å². The van der Waals surface area contributed by atoms with Gasteiger partial charge in [-0.1, -0.05) is 38.8 Å². The van der Waals surface area contributed by atoms with E-state index < -0.39 is 0 Å². The molecule has 1 rings (SSSR count). The highest BCUT2D eigenvalue weighted by Crippen LogP contribution is 2.21. The summed E-state index contributed by atoms with van der Waals surface area (Å²) in [5.41, 5.74) is 0.920. The maximum Gasteiger partial charge on any atom is 0.128 e. The van der Waals surface area contributed by atoms with Crippen molar-refractivity contribution < 1.29 is 0 Å². The summed E-state index contributed by atoms with van der Waals surface area (Å²) < 4.78 is 0. The molecule has 0 saturated heterocycles. The standard InChI is InChI=1S/C15H26ClN3/c1-6-7-12(4)19(5)15-9-8-13(16)14(18-15)10-17-11(2)3/h8-9,11-12,17H,6-7,10H2,1-5H3. The number of nitrogens with zero attached hydrogens (tertiary/aromatic N) is 2. The molecule has 1 heterocycles. The molecule has 108 valence electrons. The van der Waals surface area contributed by atoms with Crippen LogP contribution in [0.2, 0.25) is 5.02 Å². The first-order chi connectivity index (χ1) is 8.95. The van der Waals surface area contributed by atoms with Crippen LogP contribution in [0, 0.1) is 0 Å². The summed E-state index contributed by atoms with van der Waals surface area (Å²) in [5, 5.41) is 4.09. The summed E-state index contributed by atoms with van der Waals surface area (Å²) in [6.45, 7) is 9.38. The predicted octanol–water partition coefficient (Wildman–Crippen LogP) is 3.86. The lowest BCUT2D eigenvalue weighted by molar-refractivity contribution is 0.578. The molecular formula is C15H26ClN3. The molecule has 19 heavy (non-hydrogen) atoms. The normalized spacial score (nSPS) is 12.8. The van der Waals surface area contributed by atoms with Gasteiger partial charge >= 0.3 is 0 Å². The van der Waals surface area contributed by atoms with Crippen molar-refractivity contribution in [3.8, 4) is 0 Å². The number of halogens is 1. The zero-order valence-corrected chi connectivity index (χ0v) is 13.5. The molecule has 1 N–H and O–H groups in total. The number of hydrogen-bond acceptors (Lipinski definition) is 3. The van der Waals surface area contributed by atoms with E-state index in [2.05, 4.69) is 49.9 Å². The monoisotopic (exact) mass is 283 g/mol. The minimum atomic E-state index is 0.429. The number of rotatable bonds is 7. The average molecular weight is 284 g/mol. The summed E-state index contributed by atoms with van der Waals surface area (Å²) in [6.07, 6.45) is 2.35. The zero-order chi connectivity index (χ0) is 14.4.